The van der Waals surface area contributed by atoms with Crippen LogP contribution in [0.3, 0.4) is 0 Å². The highest BCUT2D eigenvalue weighted by Crippen LogP contribution is 2.18. The number of hydrogen-bond acceptors (Lipinski definition) is 3. The van der Waals surface area contributed by atoms with Gasteiger partial charge >= 0.3 is 5.97 Å². The van der Waals surface area contributed by atoms with Gasteiger partial charge in [0.05, 0.1) is 13.2 Å². The topological polar surface area (TPSA) is 29.5 Å². The van der Waals surface area contributed by atoms with Crippen molar-refractivity contribution < 1.29 is 9.53 Å². The van der Waals surface area contributed by atoms with Crippen molar-refractivity contribution in [2.75, 3.05) is 26.2 Å². The highest BCUT2D eigenvalue weighted by molar-refractivity contribution is 5.71. The Morgan fingerprint density at radius 3 is 2.25 bits per heavy atom. The average Bonchev–Trinajstić information content (AvgIpc) is 2.14. The molecule has 16 heavy (non-hydrogen) atoms. The highest BCUT2D eigenvalue weighted by atomic mass is 16.5. The first-order valence-electron chi connectivity index (χ1n) is 6.27. The second-order valence-electron chi connectivity index (χ2n) is 5.39. The lowest BCUT2D eigenvalue weighted by atomic mass is 9.92. The molecule has 0 radical (unpaired) electrons. The number of carbonyl (C=O) groups excluding carboxylic acids is 1. The minimum atomic E-state index is -0.107. The molecule has 3 nitrogen and oxygen atoms in total. The first-order valence-corrected chi connectivity index (χ1v) is 6.27. The molecule has 0 rings (SSSR count). The molecule has 0 N–H and O–H groups in total. The molecule has 0 amide bonds. The van der Waals surface area contributed by atoms with Gasteiger partial charge in [0.15, 0.2) is 0 Å². The Bertz CT molecular complexity index is 197. The number of hydrogen-bond donors (Lipinski definition) is 0. The normalized spacial score (nSPS) is 11.9. The summed E-state index contributed by atoms with van der Waals surface area (Å²) in [6.45, 7) is 13.5. The Morgan fingerprint density at radius 1 is 1.19 bits per heavy atom. The Balaban J connectivity index is 4.01. The molecule has 96 valence electrons. The van der Waals surface area contributed by atoms with Gasteiger partial charge in [0.25, 0.3) is 0 Å². The minimum absolute atomic E-state index is 0.107. The highest BCUT2D eigenvalue weighted by Gasteiger charge is 2.15. The molecule has 0 aliphatic carbocycles. The van der Waals surface area contributed by atoms with Gasteiger partial charge in [0, 0.05) is 0 Å². The molecule has 0 aromatic rings. The van der Waals surface area contributed by atoms with Crippen LogP contribution in [0.5, 0.6) is 0 Å². The predicted octanol–water partition coefficient (Wildman–Crippen LogP) is 2.70. The van der Waals surface area contributed by atoms with Crippen molar-refractivity contribution in [2.24, 2.45) is 5.41 Å². The fourth-order valence-corrected chi connectivity index (χ4v) is 1.47. The van der Waals surface area contributed by atoms with E-state index in [4.69, 9.17) is 4.74 Å². The van der Waals surface area contributed by atoms with E-state index in [0.29, 0.717) is 18.6 Å². The van der Waals surface area contributed by atoms with Crippen LogP contribution in [0, 0.1) is 5.41 Å². The molecule has 0 heterocycles. The molecule has 0 aromatic carbocycles. The van der Waals surface area contributed by atoms with Crippen molar-refractivity contribution in [3.05, 3.63) is 0 Å². The number of carbonyl (C=O) groups is 1. The van der Waals surface area contributed by atoms with Gasteiger partial charge in [0.2, 0.25) is 0 Å². The smallest absolute Gasteiger partial charge is 0.320 e. The first-order chi connectivity index (χ1) is 7.39. The summed E-state index contributed by atoms with van der Waals surface area (Å²) in [6.07, 6.45) is 2.18. The van der Waals surface area contributed by atoms with Crippen LogP contribution in [0.2, 0.25) is 0 Å². The van der Waals surface area contributed by atoms with E-state index in [2.05, 4.69) is 32.6 Å². The lowest BCUT2D eigenvalue weighted by Gasteiger charge is -2.25. The first kappa shape index (κ1) is 15.4. The summed E-state index contributed by atoms with van der Waals surface area (Å²) in [6, 6.07) is 0. The van der Waals surface area contributed by atoms with Crippen LogP contribution in [0.4, 0.5) is 0 Å². The summed E-state index contributed by atoms with van der Waals surface area (Å²) in [5.74, 6) is -0.107. The van der Waals surface area contributed by atoms with Gasteiger partial charge in [-0.3, -0.25) is 9.69 Å². The summed E-state index contributed by atoms with van der Waals surface area (Å²) in [5.41, 5.74) is 0.320. The Morgan fingerprint density at radius 2 is 1.81 bits per heavy atom. The maximum absolute atomic E-state index is 11.4. The van der Waals surface area contributed by atoms with E-state index in [1.54, 1.807) is 0 Å². The number of ether oxygens (including phenoxy) is 1. The maximum atomic E-state index is 11.4. The fraction of sp³-hybridized carbons (Fsp3) is 0.923. The molecule has 0 aliphatic rings. The monoisotopic (exact) mass is 229 g/mol. The van der Waals surface area contributed by atoms with E-state index in [-0.39, 0.29) is 5.97 Å². The van der Waals surface area contributed by atoms with Gasteiger partial charge in [-0.1, -0.05) is 27.7 Å². The third-order valence-electron chi connectivity index (χ3n) is 2.38. The molecule has 0 unspecified atom stereocenters. The molecule has 0 atom stereocenters. The van der Waals surface area contributed by atoms with Crippen molar-refractivity contribution >= 4 is 5.97 Å². The summed E-state index contributed by atoms with van der Waals surface area (Å²) >= 11 is 0. The summed E-state index contributed by atoms with van der Waals surface area (Å²) in [5, 5.41) is 0. The number of rotatable bonds is 7. The van der Waals surface area contributed by atoms with Crippen molar-refractivity contribution in [3.8, 4) is 0 Å². The van der Waals surface area contributed by atoms with Gasteiger partial charge in [-0.05, 0) is 38.3 Å². The van der Waals surface area contributed by atoms with Crippen LogP contribution in [-0.2, 0) is 9.53 Å². The molecule has 0 saturated heterocycles. The van der Waals surface area contributed by atoms with E-state index in [1.807, 2.05) is 6.92 Å². The minimum Gasteiger partial charge on any atom is -0.465 e. The van der Waals surface area contributed by atoms with Crippen molar-refractivity contribution in [3.63, 3.8) is 0 Å². The summed E-state index contributed by atoms with van der Waals surface area (Å²) in [4.78, 5) is 13.6. The zero-order valence-corrected chi connectivity index (χ0v) is 11.5. The Kier molecular flexibility index (Phi) is 7.39. The summed E-state index contributed by atoms with van der Waals surface area (Å²) < 4.78 is 4.97. The molecular weight excluding hydrogens is 202 g/mol. The number of esters is 1. The molecule has 0 fully saturated rings. The fourth-order valence-electron chi connectivity index (χ4n) is 1.47. The van der Waals surface area contributed by atoms with Crippen LogP contribution in [0.1, 0.15) is 47.5 Å². The van der Waals surface area contributed by atoms with Crippen LogP contribution in [-0.4, -0.2) is 37.1 Å². The molecule has 3 heteroatoms. The molecule has 0 aliphatic heterocycles. The molecular formula is C13H27NO2. The van der Waals surface area contributed by atoms with Gasteiger partial charge < -0.3 is 4.74 Å². The lowest BCUT2D eigenvalue weighted by molar-refractivity contribution is -0.144. The zero-order valence-electron chi connectivity index (χ0n) is 11.5. The van der Waals surface area contributed by atoms with Gasteiger partial charge in [0.1, 0.15) is 0 Å². The lowest BCUT2D eigenvalue weighted by Crippen LogP contribution is -2.34. The predicted molar refractivity (Wildman–Crippen MR) is 67.4 cm³/mol. The van der Waals surface area contributed by atoms with E-state index in [9.17, 15) is 4.79 Å². The van der Waals surface area contributed by atoms with Crippen LogP contribution < -0.4 is 0 Å². The second kappa shape index (κ2) is 7.66. The molecule has 0 saturated carbocycles. The van der Waals surface area contributed by atoms with Crippen molar-refractivity contribution in [2.45, 2.75) is 47.5 Å². The largest absolute Gasteiger partial charge is 0.465 e. The SMILES string of the molecule is CCCN(CCC(C)(C)C)CC(=O)OCC. The zero-order chi connectivity index (χ0) is 12.6. The standard InChI is InChI=1S/C13H27NO2/c1-6-9-14(10-8-13(3,4)5)11-12(15)16-7-2/h6-11H2,1-5H3. The Labute approximate surface area is 100 Å². The molecule has 0 bridgehead atoms. The van der Waals surface area contributed by atoms with E-state index < -0.39 is 0 Å². The maximum Gasteiger partial charge on any atom is 0.320 e. The van der Waals surface area contributed by atoms with Gasteiger partial charge in [-0.2, -0.15) is 0 Å². The van der Waals surface area contributed by atoms with Crippen molar-refractivity contribution in [1.29, 1.82) is 0 Å². The number of nitrogens with zero attached hydrogens (tertiary/aromatic N) is 1. The third-order valence-corrected chi connectivity index (χ3v) is 2.38. The van der Waals surface area contributed by atoms with Crippen molar-refractivity contribution in [1.82, 2.24) is 4.90 Å². The quantitative estimate of drug-likeness (QED) is 0.629. The van der Waals surface area contributed by atoms with Gasteiger partial charge in [-0.25, -0.2) is 0 Å². The molecule has 0 aromatic heterocycles. The van der Waals surface area contributed by atoms with Crippen LogP contribution in [0.15, 0.2) is 0 Å². The van der Waals surface area contributed by atoms with Crippen LogP contribution >= 0.6 is 0 Å². The van der Waals surface area contributed by atoms with E-state index in [0.717, 1.165) is 25.9 Å². The second-order valence-corrected chi connectivity index (χ2v) is 5.39. The molecule has 0 spiro atoms. The third kappa shape index (κ3) is 8.72. The van der Waals surface area contributed by atoms with Crippen LogP contribution in [0.25, 0.3) is 0 Å². The average molecular weight is 229 g/mol. The van der Waals surface area contributed by atoms with E-state index in [1.165, 1.54) is 0 Å². The summed E-state index contributed by atoms with van der Waals surface area (Å²) in [7, 11) is 0. The van der Waals surface area contributed by atoms with Gasteiger partial charge in [-0.15, -0.1) is 0 Å². The Hall–Kier alpha value is -0.570. The van der Waals surface area contributed by atoms with E-state index >= 15 is 0 Å².